The molecule has 0 bridgehead atoms. The molecule has 1 aromatic rings. The molecule has 1 atom stereocenters. The third-order valence-corrected chi connectivity index (χ3v) is 6.85. The van der Waals surface area contributed by atoms with Gasteiger partial charge < -0.3 is 18.8 Å². The summed E-state index contributed by atoms with van der Waals surface area (Å²) in [6.07, 6.45) is 2.38. The summed E-state index contributed by atoms with van der Waals surface area (Å²) in [5.41, 5.74) is 0.310. The van der Waals surface area contributed by atoms with E-state index in [0.717, 1.165) is 12.8 Å². The van der Waals surface area contributed by atoms with Gasteiger partial charge in [-0.15, -0.1) is 0 Å². The van der Waals surface area contributed by atoms with E-state index in [9.17, 15) is 14.9 Å². The molecule has 3 rings (SSSR count). The summed E-state index contributed by atoms with van der Waals surface area (Å²) in [5, 5.41) is 9.53. The van der Waals surface area contributed by atoms with Crippen LogP contribution in [0.2, 0.25) is 0 Å². The Morgan fingerprint density at radius 1 is 1.36 bits per heavy atom. The van der Waals surface area contributed by atoms with Gasteiger partial charge in [-0.1, -0.05) is 29.8 Å². The highest BCUT2D eigenvalue weighted by atomic mass is 79.9. The molecule has 0 aromatic carbocycles. The fourth-order valence-corrected chi connectivity index (χ4v) is 4.31. The lowest BCUT2D eigenvalue weighted by Gasteiger charge is -2.44. The van der Waals surface area contributed by atoms with Gasteiger partial charge in [-0.2, -0.15) is 5.26 Å². The van der Waals surface area contributed by atoms with Crippen LogP contribution >= 0.6 is 15.9 Å². The van der Waals surface area contributed by atoms with Crippen LogP contribution in [0.4, 0.5) is 0 Å². The number of esters is 1. The number of hydrogen-bond acceptors (Lipinski definition) is 6. The number of halogens is 1. The van der Waals surface area contributed by atoms with Gasteiger partial charge in [-0.3, -0.25) is 9.59 Å². The SMILES string of the molecule is CCOC(=O)C(Br)c1cc2n(c(=O)c1C#N)CCC21OCC(CC)(CC)CO1. The number of pyridine rings is 1. The molecule has 8 heteroatoms. The van der Waals surface area contributed by atoms with Crippen LogP contribution in [0.1, 0.15) is 61.7 Å². The van der Waals surface area contributed by atoms with Crippen molar-refractivity contribution in [3.8, 4) is 6.07 Å². The first-order valence-electron chi connectivity index (χ1n) is 9.64. The lowest BCUT2D eigenvalue weighted by molar-refractivity contribution is -0.313. The van der Waals surface area contributed by atoms with E-state index in [4.69, 9.17) is 14.2 Å². The number of aromatic nitrogens is 1. The van der Waals surface area contributed by atoms with E-state index in [1.54, 1.807) is 13.0 Å². The molecular formula is C20H25BrN2O5. The number of hydrogen-bond donors (Lipinski definition) is 0. The second kappa shape index (κ2) is 7.97. The highest BCUT2D eigenvalue weighted by Gasteiger charge is 2.49. The molecule has 0 saturated carbocycles. The van der Waals surface area contributed by atoms with Crippen molar-refractivity contribution in [2.75, 3.05) is 19.8 Å². The summed E-state index contributed by atoms with van der Waals surface area (Å²) in [4.78, 5) is 24.2. The van der Waals surface area contributed by atoms with Crippen molar-refractivity contribution in [2.24, 2.45) is 5.41 Å². The predicted octanol–water partition coefficient (Wildman–Crippen LogP) is 3.13. The van der Waals surface area contributed by atoms with Gasteiger partial charge in [-0.25, -0.2) is 0 Å². The number of ether oxygens (including phenoxy) is 3. The molecule has 0 aliphatic carbocycles. The van der Waals surface area contributed by atoms with Crippen LogP contribution in [0.5, 0.6) is 0 Å². The maximum Gasteiger partial charge on any atom is 0.324 e. The monoisotopic (exact) mass is 452 g/mol. The molecule has 3 heterocycles. The zero-order chi connectivity index (χ0) is 20.5. The van der Waals surface area contributed by atoms with Crippen molar-refractivity contribution in [3.05, 3.63) is 33.2 Å². The van der Waals surface area contributed by atoms with Crippen LogP contribution in [0.25, 0.3) is 0 Å². The van der Waals surface area contributed by atoms with Crippen LogP contribution in [-0.2, 0) is 31.3 Å². The Bertz CT molecular complexity index is 859. The second-order valence-electron chi connectivity index (χ2n) is 7.33. The average molecular weight is 453 g/mol. The van der Waals surface area contributed by atoms with Gasteiger partial charge in [-0.05, 0) is 25.8 Å². The van der Waals surface area contributed by atoms with Crippen molar-refractivity contribution in [1.29, 1.82) is 5.26 Å². The molecule has 1 aromatic heterocycles. The van der Waals surface area contributed by atoms with Crippen LogP contribution in [0.3, 0.4) is 0 Å². The summed E-state index contributed by atoms with van der Waals surface area (Å²) < 4.78 is 19.0. The number of carbonyl (C=O) groups is 1. The average Bonchev–Trinajstić information content (AvgIpc) is 3.07. The van der Waals surface area contributed by atoms with Gasteiger partial charge in [0, 0.05) is 23.9 Å². The van der Waals surface area contributed by atoms with E-state index in [2.05, 4.69) is 29.8 Å². The fraction of sp³-hybridized carbons (Fsp3) is 0.650. The van der Waals surface area contributed by atoms with Gasteiger partial charge in [0.1, 0.15) is 16.5 Å². The summed E-state index contributed by atoms with van der Waals surface area (Å²) in [7, 11) is 0. The Morgan fingerprint density at radius 3 is 2.54 bits per heavy atom. The minimum absolute atomic E-state index is 0.0305. The van der Waals surface area contributed by atoms with E-state index in [0.29, 0.717) is 31.9 Å². The zero-order valence-electron chi connectivity index (χ0n) is 16.4. The first kappa shape index (κ1) is 21.0. The molecule has 0 radical (unpaired) electrons. The van der Waals surface area contributed by atoms with Crippen molar-refractivity contribution < 1.29 is 19.0 Å². The van der Waals surface area contributed by atoms with Gasteiger partial charge in [0.05, 0.1) is 25.5 Å². The number of alkyl halides is 1. The number of nitriles is 1. The second-order valence-corrected chi connectivity index (χ2v) is 8.25. The van der Waals surface area contributed by atoms with Crippen molar-refractivity contribution in [1.82, 2.24) is 4.57 Å². The Hall–Kier alpha value is -1.69. The van der Waals surface area contributed by atoms with Crippen molar-refractivity contribution in [3.63, 3.8) is 0 Å². The van der Waals surface area contributed by atoms with Gasteiger partial charge >= 0.3 is 5.97 Å². The molecule has 1 unspecified atom stereocenters. The first-order chi connectivity index (χ1) is 13.4. The van der Waals surface area contributed by atoms with E-state index in [-0.39, 0.29) is 23.1 Å². The van der Waals surface area contributed by atoms with Crippen LogP contribution in [-0.4, -0.2) is 30.4 Å². The maximum atomic E-state index is 12.9. The standard InChI is InChI=1S/C20H25BrN2O5/c1-4-19(5-2)11-27-20(28-12-19)7-8-23-15(20)9-13(14(10-22)17(23)24)16(21)18(25)26-6-3/h9,16H,4-8,11-12H2,1-3H3. The Kier molecular flexibility index (Phi) is 5.99. The van der Waals surface area contributed by atoms with Crippen LogP contribution < -0.4 is 5.56 Å². The lowest BCUT2D eigenvalue weighted by atomic mass is 9.83. The third-order valence-electron chi connectivity index (χ3n) is 5.99. The Labute approximate surface area is 172 Å². The normalized spacial score (nSPS) is 20.4. The van der Waals surface area contributed by atoms with Gasteiger partial charge in [0.15, 0.2) is 0 Å². The minimum atomic E-state index is -1.02. The smallest absolute Gasteiger partial charge is 0.324 e. The minimum Gasteiger partial charge on any atom is -0.465 e. The molecule has 0 amide bonds. The molecule has 2 aliphatic heterocycles. The number of rotatable bonds is 5. The zero-order valence-corrected chi connectivity index (χ0v) is 18.0. The van der Waals surface area contributed by atoms with Crippen molar-refractivity contribution >= 4 is 21.9 Å². The molecular weight excluding hydrogens is 428 g/mol. The van der Waals surface area contributed by atoms with Gasteiger partial charge in [0.2, 0.25) is 5.79 Å². The molecule has 1 saturated heterocycles. The quantitative estimate of drug-likeness (QED) is 0.503. The first-order valence-corrected chi connectivity index (χ1v) is 10.6. The molecule has 7 nitrogen and oxygen atoms in total. The molecule has 28 heavy (non-hydrogen) atoms. The number of nitrogens with zero attached hydrogens (tertiary/aromatic N) is 2. The Morgan fingerprint density at radius 2 is 2.00 bits per heavy atom. The summed E-state index contributed by atoms with van der Waals surface area (Å²) in [6, 6.07) is 3.62. The van der Waals surface area contributed by atoms with Crippen molar-refractivity contribution in [2.45, 2.75) is 57.2 Å². The number of fused-ring (bicyclic) bond motifs is 2. The van der Waals surface area contributed by atoms with E-state index in [1.807, 2.05) is 6.07 Å². The highest BCUT2D eigenvalue weighted by Crippen LogP contribution is 2.45. The summed E-state index contributed by atoms with van der Waals surface area (Å²) >= 11 is 3.28. The maximum absolute atomic E-state index is 12.9. The van der Waals surface area contributed by atoms with E-state index in [1.165, 1.54) is 4.57 Å². The Balaban J connectivity index is 2.04. The fourth-order valence-electron chi connectivity index (χ4n) is 3.82. The molecule has 0 N–H and O–H groups in total. The van der Waals surface area contributed by atoms with Crippen LogP contribution in [0.15, 0.2) is 10.9 Å². The van der Waals surface area contributed by atoms with E-state index >= 15 is 0 Å². The predicted molar refractivity (Wildman–Crippen MR) is 105 cm³/mol. The molecule has 1 spiro atoms. The summed E-state index contributed by atoms with van der Waals surface area (Å²) in [5.74, 6) is -1.56. The lowest BCUT2D eigenvalue weighted by Crippen LogP contribution is -2.47. The molecule has 1 fully saturated rings. The number of carbonyl (C=O) groups excluding carboxylic acids is 1. The molecule has 2 aliphatic rings. The van der Waals surface area contributed by atoms with Crippen LogP contribution in [0, 0.1) is 16.7 Å². The van der Waals surface area contributed by atoms with E-state index < -0.39 is 22.1 Å². The topological polar surface area (TPSA) is 90.6 Å². The highest BCUT2D eigenvalue weighted by molar-refractivity contribution is 9.09. The summed E-state index contributed by atoms with van der Waals surface area (Å²) in [6.45, 7) is 7.63. The molecule has 152 valence electrons. The largest absolute Gasteiger partial charge is 0.465 e. The van der Waals surface area contributed by atoms with Gasteiger partial charge in [0.25, 0.3) is 5.56 Å². The third kappa shape index (κ3) is 3.30.